The molecular formula is C53H40. The second kappa shape index (κ2) is 11.9. The quantitative estimate of drug-likeness (QED) is 0.129. The van der Waals surface area contributed by atoms with Crippen molar-refractivity contribution in [2.45, 2.75) is 33.1 Å². The molecule has 0 aliphatic heterocycles. The Morgan fingerprint density at radius 3 is 1.43 bits per heavy atom. The number of rotatable bonds is 4. The Balaban J connectivity index is 1.25. The largest absolute Gasteiger partial charge is 0.0616 e. The van der Waals surface area contributed by atoms with Crippen LogP contribution in [0.1, 0.15) is 47.2 Å². The number of hydrogen-bond acceptors (Lipinski definition) is 0. The van der Waals surface area contributed by atoms with Crippen LogP contribution in [0.15, 0.2) is 170 Å². The maximum atomic E-state index is 2.50. The lowest BCUT2D eigenvalue weighted by Crippen LogP contribution is -2.16. The molecule has 10 rings (SSSR count). The number of hydrogen-bond donors (Lipinski definition) is 0. The van der Waals surface area contributed by atoms with E-state index in [1.165, 1.54) is 110 Å². The van der Waals surface area contributed by atoms with Gasteiger partial charge in [-0.25, -0.2) is 0 Å². The Morgan fingerprint density at radius 2 is 0.830 bits per heavy atom. The molecule has 9 aromatic carbocycles. The van der Waals surface area contributed by atoms with Crippen LogP contribution in [0.4, 0.5) is 0 Å². The van der Waals surface area contributed by atoms with Gasteiger partial charge in [0.25, 0.3) is 0 Å². The van der Waals surface area contributed by atoms with E-state index in [9.17, 15) is 0 Å². The van der Waals surface area contributed by atoms with Crippen LogP contribution in [-0.2, 0) is 5.41 Å². The molecule has 0 saturated carbocycles. The molecule has 0 heteroatoms. The van der Waals surface area contributed by atoms with Crippen molar-refractivity contribution in [1.82, 2.24) is 0 Å². The minimum absolute atomic E-state index is 0.212. The van der Waals surface area contributed by atoms with Crippen molar-refractivity contribution in [3.05, 3.63) is 203 Å². The van der Waals surface area contributed by atoms with E-state index < -0.39 is 0 Å². The molecule has 1 aliphatic rings. The summed E-state index contributed by atoms with van der Waals surface area (Å²) in [5.41, 5.74) is 15.5. The Morgan fingerprint density at radius 1 is 0.358 bits per heavy atom. The molecule has 0 amide bonds. The van der Waals surface area contributed by atoms with Crippen molar-refractivity contribution in [3.8, 4) is 22.3 Å². The fourth-order valence-electron chi connectivity index (χ4n) is 9.25. The topological polar surface area (TPSA) is 0 Å². The molecule has 0 saturated heterocycles. The molecule has 0 heterocycles. The van der Waals surface area contributed by atoms with E-state index in [1.54, 1.807) is 0 Å². The molecule has 0 bridgehead atoms. The maximum Gasteiger partial charge on any atom is 0.0165 e. The molecule has 0 nitrogen and oxygen atoms in total. The molecule has 53 heavy (non-hydrogen) atoms. The highest BCUT2D eigenvalue weighted by Crippen LogP contribution is 2.55. The minimum atomic E-state index is -0.212. The van der Waals surface area contributed by atoms with E-state index in [-0.39, 0.29) is 5.41 Å². The van der Waals surface area contributed by atoms with Gasteiger partial charge in [-0.15, -0.1) is 0 Å². The van der Waals surface area contributed by atoms with E-state index >= 15 is 0 Å². The Bertz CT molecular complexity index is 2900. The van der Waals surface area contributed by atoms with E-state index in [0.29, 0.717) is 0 Å². The number of allylic oxidation sites excluding steroid dienone is 1. The van der Waals surface area contributed by atoms with Crippen molar-refractivity contribution in [2.75, 3.05) is 0 Å². The average molecular weight is 677 g/mol. The summed E-state index contributed by atoms with van der Waals surface area (Å²) in [4.78, 5) is 0. The summed E-state index contributed by atoms with van der Waals surface area (Å²) in [6, 6.07) is 63.7. The summed E-state index contributed by atoms with van der Waals surface area (Å²) in [7, 11) is 0. The third-order valence-electron chi connectivity index (χ3n) is 11.8. The van der Waals surface area contributed by atoms with Crippen molar-refractivity contribution >= 4 is 54.2 Å². The Labute approximate surface area is 311 Å². The van der Waals surface area contributed by atoms with Gasteiger partial charge in [-0.3, -0.25) is 0 Å². The van der Waals surface area contributed by atoms with Gasteiger partial charge in [-0.2, -0.15) is 0 Å². The molecule has 0 fully saturated rings. The summed E-state index contributed by atoms with van der Waals surface area (Å²) in [5.74, 6) is 0. The van der Waals surface area contributed by atoms with Crippen LogP contribution >= 0.6 is 0 Å². The minimum Gasteiger partial charge on any atom is -0.0616 e. The van der Waals surface area contributed by atoms with Gasteiger partial charge in [0.05, 0.1) is 0 Å². The molecule has 0 unspecified atom stereocenters. The SMILES string of the molecule is Cc1ccc(C2=C(c3ccc(C)cc3)C(C)(C)c3cc(-c4c5ccccc5c(-c5cc6ccccc6c6ccccc56)c5ccccc45)ccc32)cc1. The molecular weight excluding hydrogens is 637 g/mol. The lowest BCUT2D eigenvalue weighted by molar-refractivity contribution is 0.704. The predicted molar refractivity (Wildman–Crippen MR) is 229 cm³/mol. The number of aryl methyl sites for hydroxylation is 2. The summed E-state index contributed by atoms with van der Waals surface area (Å²) in [5, 5.41) is 10.2. The van der Waals surface area contributed by atoms with Gasteiger partial charge < -0.3 is 0 Å². The fourth-order valence-corrected chi connectivity index (χ4v) is 9.25. The fraction of sp³-hybridized carbons (Fsp3) is 0.0943. The molecule has 252 valence electrons. The molecule has 0 N–H and O–H groups in total. The normalized spacial score (nSPS) is 13.7. The highest BCUT2D eigenvalue weighted by Gasteiger charge is 2.39. The van der Waals surface area contributed by atoms with Gasteiger partial charge in [-0.05, 0) is 125 Å². The highest BCUT2D eigenvalue weighted by atomic mass is 14.4. The van der Waals surface area contributed by atoms with Gasteiger partial charge in [0.1, 0.15) is 0 Å². The van der Waals surface area contributed by atoms with E-state index in [1.807, 2.05) is 0 Å². The van der Waals surface area contributed by atoms with Crippen LogP contribution in [-0.4, -0.2) is 0 Å². The zero-order chi connectivity index (χ0) is 35.8. The van der Waals surface area contributed by atoms with Crippen LogP contribution in [0.25, 0.3) is 76.5 Å². The first-order valence-electron chi connectivity index (χ1n) is 18.8. The third kappa shape index (κ3) is 4.83. The highest BCUT2D eigenvalue weighted by molar-refractivity contribution is 6.26. The first-order chi connectivity index (χ1) is 25.9. The third-order valence-corrected chi connectivity index (χ3v) is 11.8. The van der Waals surface area contributed by atoms with Crippen molar-refractivity contribution in [1.29, 1.82) is 0 Å². The van der Waals surface area contributed by atoms with E-state index in [2.05, 4.69) is 198 Å². The lowest BCUT2D eigenvalue weighted by atomic mass is 9.77. The zero-order valence-electron chi connectivity index (χ0n) is 30.7. The first kappa shape index (κ1) is 31.5. The monoisotopic (exact) mass is 676 g/mol. The van der Waals surface area contributed by atoms with Gasteiger partial charge in [0, 0.05) is 5.41 Å². The van der Waals surface area contributed by atoms with Crippen molar-refractivity contribution < 1.29 is 0 Å². The van der Waals surface area contributed by atoms with E-state index in [4.69, 9.17) is 0 Å². The molecule has 0 aromatic heterocycles. The molecule has 0 radical (unpaired) electrons. The van der Waals surface area contributed by atoms with Crippen LogP contribution in [0.3, 0.4) is 0 Å². The number of benzene rings is 9. The predicted octanol–water partition coefficient (Wildman–Crippen LogP) is 14.5. The lowest BCUT2D eigenvalue weighted by Gasteiger charge is -2.26. The van der Waals surface area contributed by atoms with Gasteiger partial charge >= 0.3 is 0 Å². The summed E-state index contributed by atoms with van der Waals surface area (Å²) in [6.45, 7) is 9.16. The Kier molecular flexibility index (Phi) is 7.07. The van der Waals surface area contributed by atoms with Gasteiger partial charge in [0.2, 0.25) is 0 Å². The maximum absolute atomic E-state index is 2.50. The van der Waals surface area contributed by atoms with Crippen molar-refractivity contribution in [3.63, 3.8) is 0 Å². The first-order valence-corrected chi connectivity index (χ1v) is 18.8. The Hall–Kier alpha value is -6.24. The second-order valence-corrected chi connectivity index (χ2v) is 15.4. The summed E-state index contributed by atoms with van der Waals surface area (Å²) in [6.07, 6.45) is 0. The smallest absolute Gasteiger partial charge is 0.0165 e. The summed E-state index contributed by atoms with van der Waals surface area (Å²) >= 11 is 0. The molecule has 1 aliphatic carbocycles. The van der Waals surface area contributed by atoms with Crippen LogP contribution in [0.5, 0.6) is 0 Å². The average Bonchev–Trinajstić information content (AvgIpc) is 3.43. The van der Waals surface area contributed by atoms with Crippen molar-refractivity contribution in [2.24, 2.45) is 0 Å². The van der Waals surface area contributed by atoms with Gasteiger partial charge in [0.15, 0.2) is 0 Å². The van der Waals surface area contributed by atoms with Crippen LogP contribution in [0, 0.1) is 13.8 Å². The molecule has 0 atom stereocenters. The molecule has 0 spiro atoms. The zero-order valence-corrected chi connectivity index (χ0v) is 30.7. The van der Waals surface area contributed by atoms with Crippen LogP contribution < -0.4 is 0 Å². The standard InChI is InChI=1S/C53H40/c1-33-21-25-35(26-22-33)50-46-30-29-38(32-48(46)53(3,4)52(50)36-27-23-34(2)24-28-36)49-42-17-9-11-19-44(42)51(45-20-12-10-18-43(45)49)47-31-37-13-5-6-14-39(37)40-15-7-8-16-41(40)47/h5-32H,1-4H3. The second-order valence-electron chi connectivity index (χ2n) is 15.4. The molecule has 9 aromatic rings. The van der Waals surface area contributed by atoms with Crippen LogP contribution in [0.2, 0.25) is 0 Å². The van der Waals surface area contributed by atoms with Gasteiger partial charge in [-0.1, -0.05) is 183 Å². The number of fused-ring (bicyclic) bond motifs is 6. The van der Waals surface area contributed by atoms with E-state index in [0.717, 1.165) is 0 Å². The summed E-state index contributed by atoms with van der Waals surface area (Å²) < 4.78 is 0.